The van der Waals surface area contributed by atoms with Crippen LogP contribution in [0.25, 0.3) is 139 Å². The fourth-order valence-electron chi connectivity index (χ4n) is 11.4. The molecule has 0 fully saturated rings. The van der Waals surface area contributed by atoms with Crippen LogP contribution in [0, 0.1) is 0 Å². The van der Waals surface area contributed by atoms with Crippen LogP contribution in [0.2, 0.25) is 0 Å². The summed E-state index contributed by atoms with van der Waals surface area (Å²) in [5, 5.41) is 6.94. The van der Waals surface area contributed by atoms with E-state index in [0.29, 0.717) is 17.6 Å². The average molecular weight is 957 g/mol. The Kier molecular flexibility index (Phi) is 9.78. The topological polar surface area (TPSA) is 53.5 Å². The lowest BCUT2D eigenvalue weighted by Gasteiger charge is -2.14. The second-order valence-electron chi connectivity index (χ2n) is 19.2. The highest BCUT2D eigenvalue weighted by Crippen LogP contribution is 2.43. The standard InChI is InChI=1S/C69H44N6/c1-4-18-45(19-5-1)48-34-36-53(37-35-48)74-64-41-38-54(73-61-31-13-10-28-55(61)56-29-11-14-32-62(56)73)44-60(64)59-40-39-58-57-30-12-15-33-63(57)75(66(58)65(59)74)69-71-67(51-26-16-24-49(42-51)46-20-6-2-7-21-46)70-68(72-69)52-27-17-25-50(43-52)47-22-8-3-9-23-47/h1-44H. The molecule has 75 heavy (non-hydrogen) atoms. The van der Waals surface area contributed by atoms with Crippen molar-refractivity contribution in [2.75, 3.05) is 0 Å². The molecule has 0 radical (unpaired) electrons. The maximum Gasteiger partial charge on any atom is 0.238 e. The second kappa shape index (κ2) is 17.3. The Hall–Kier alpha value is -10.2. The molecule has 0 bridgehead atoms. The molecular formula is C69H44N6. The molecule has 0 aliphatic rings. The summed E-state index contributed by atoms with van der Waals surface area (Å²) in [4.78, 5) is 16.4. The Morgan fingerprint density at radius 1 is 0.213 bits per heavy atom. The molecule has 15 rings (SSSR count). The first-order valence-corrected chi connectivity index (χ1v) is 25.4. The minimum absolute atomic E-state index is 0.533. The SMILES string of the molecule is c1ccc(-c2ccc(-n3c4ccc(-n5c6ccccc6c6ccccc65)cc4c4ccc5c6ccccc6n(-c6nc(-c7cccc(-c8ccccc8)c7)nc(-c7cccc(-c8ccccc8)c7)n6)c5c43)cc2)cc1. The third kappa shape index (κ3) is 6.99. The normalized spacial score (nSPS) is 11.7. The van der Waals surface area contributed by atoms with Crippen molar-refractivity contribution in [3.8, 4) is 73.5 Å². The lowest BCUT2D eigenvalue weighted by atomic mass is 10.0. The predicted octanol–water partition coefficient (Wildman–Crippen LogP) is 17.5. The van der Waals surface area contributed by atoms with Crippen LogP contribution in [0.4, 0.5) is 0 Å². The Labute approximate surface area is 432 Å². The van der Waals surface area contributed by atoms with Crippen molar-refractivity contribution in [1.29, 1.82) is 0 Å². The molecule has 0 aliphatic carbocycles. The molecule has 6 nitrogen and oxygen atoms in total. The molecule has 0 atom stereocenters. The molecule has 6 heteroatoms. The van der Waals surface area contributed by atoms with Gasteiger partial charge < -0.3 is 9.13 Å². The number of aromatic nitrogens is 6. The van der Waals surface area contributed by atoms with E-state index in [0.717, 1.165) is 93.9 Å². The van der Waals surface area contributed by atoms with Crippen LogP contribution >= 0.6 is 0 Å². The van der Waals surface area contributed by atoms with Crippen molar-refractivity contribution in [1.82, 2.24) is 28.7 Å². The number of fused-ring (bicyclic) bond motifs is 10. The minimum atomic E-state index is 0.533. The van der Waals surface area contributed by atoms with Gasteiger partial charge in [0.05, 0.1) is 33.1 Å². The van der Waals surface area contributed by atoms with Gasteiger partial charge in [0.1, 0.15) is 0 Å². The Morgan fingerprint density at radius 3 is 1.15 bits per heavy atom. The predicted molar refractivity (Wildman–Crippen MR) is 310 cm³/mol. The molecule has 4 heterocycles. The van der Waals surface area contributed by atoms with E-state index in [9.17, 15) is 0 Å². The summed E-state index contributed by atoms with van der Waals surface area (Å²) >= 11 is 0. The van der Waals surface area contributed by atoms with Crippen LogP contribution in [0.1, 0.15) is 0 Å². The summed E-state index contributed by atoms with van der Waals surface area (Å²) < 4.78 is 7.14. The van der Waals surface area contributed by atoms with Gasteiger partial charge >= 0.3 is 0 Å². The highest BCUT2D eigenvalue weighted by atomic mass is 15.2. The molecule has 0 spiro atoms. The van der Waals surface area contributed by atoms with E-state index in [-0.39, 0.29) is 0 Å². The zero-order valence-corrected chi connectivity index (χ0v) is 40.6. The van der Waals surface area contributed by atoms with Gasteiger partial charge in [-0.3, -0.25) is 4.57 Å². The van der Waals surface area contributed by atoms with Gasteiger partial charge in [0, 0.05) is 54.8 Å². The number of benzene rings is 11. The molecule has 0 N–H and O–H groups in total. The van der Waals surface area contributed by atoms with Crippen LogP contribution in [0.3, 0.4) is 0 Å². The summed E-state index contributed by atoms with van der Waals surface area (Å²) in [6.07, 6.45) is 0. The van der Waals surface area contributed by atoms with E-state index in [1.54, 1.807) is 0 Å². The molecule has 15 aromatic rings. The largest absolute Gasteiger partial charge is 0.309 e. The van der Waals surface area contributed by atoms with Gasteiger partial charge in [-0.05, 0) is 94.0 Å². The zero-order chi connectivity index (χ0) is 49.4. The third-order valence-electron chi connectivity index (χ3n) is 14.9. The third-order valence-corrected chi connectivity index (χ3v) is 14.9. The van der Waals surface area contributed by atoms with Gasteiger partial charge in [0.15, 0.2) is 11.6 Å². The Bertz CT molecular complexity index is 4530. The molecule has 0 amide bonds. The maximum atomic E-state index is 5.53. The lowest BCUT2D eigenvalue weighted by Crippen LogP contribution is -2.07. The van der Waals surface area contributed by atoms with E-state index in [2.05, 4.69) is 268 Å². The van der Waals surface area contributed by atoms with Crippen LogP contribution in [-0.2, 0) is 0 Å². The maximum absolute atomic E-state index is 5.53. The summed E-state index contributed by atoms with van der Waals surface area (Å²) in [6, 6.07) is 95.3. The van der Waals surface area contributed by atoms with Gasteiger partial charge in [-0.1, -0.05) is 206 Å². The summed E-state index contributed by atoms with van der Waals surface area (Å²) in [5.74, 6) is 1.71. The van der Waals surface area contributed by atoms with Gasteiger partial charge in [0.25, 0.3) is 0 Å². The molecular weight excluding hydrogens is 913 g/mol. The molecule has 11 aromatic carbocycles. The number of hydrogen-bond donors (Lipinski definition) is 0. The van der Waals surface area contributed by atoms with Crippen LogP contribution in [0.15, 0.2) is 267 Å². The second-order valence-corrected chi connectivity index (χ2v) is 19.2. The van der Waals surface area contributed by atoms with Crippen molar-refractivity contribution in [3.63, 3.8) is 0 Å². The van der Waals surface area contributed by atoms with Crippen molar-refractivity contribution in [3.05, 3.63) is 267 Å². The van der Waals surface area contributed by atoms with E-state index in [1.165, 1.54) is 27.4 Å². The van der Waals surface area contributed by atoms with Crippen LogP contribution < -0.4 is 0 Å². The summed E-state index contributed by atoms with van der Waals surface area (Å²) in [6.45, 7) is 0. The van der Waals surface area contributed by atoms with E-state index in [4.69, 9.17) is 15.0 Å². The number of rotatable bonds is 8. The van der Waals surface area contributed by atoms with Crippen molar-refractivity contribution in [2.24, 2.45) is 0 Å². The van der Waals surface area contributed by atoms with Crippen molar-refractivity contribution < 1.29 is 0 Å². The number of hydrogen-bond acceptors (Lipinski definition) is 3. The van der Waals surface area contributed by atoms with Crippen LogP contribution in [-0.4, -0.2) is 28.7 Å². The molecule has 0 aliphatic heterocycles. The molecule has 4 aromatic heterocycles. The average Bonchev–Trinajstić information content (AvgIpc) is 4.16. The van der Waals surface area contributed by atoms with Gasteiger partial charge in [-0.2, -0.15) is 9.97 Å². The minimum Gasteiger partial charge on any atom is -0.309 e. The first-order valence-electron chi connectivity index (χ1n) is 25.4. The number of nitrogens with zero attached hydrogens (tertiary/aromatic N) is 6. The fourth-order valence-corrected chi connectivity index (χ4v) is 11.4. The Morgan fingerprint density at radius 2 is 0.600 bits per heavy atom. The monoisotopic (exact) mass is 956 g/mol. The first kappa shape index (κ1) is 42.5. The van der Waals surface area contributed by atoms with Crippen LogP contribution in [0.5, 0.6) is 0 Å². The van der Waals surface area contributed by atoms with E-state index >= 15 is 0 Å². The van der Waals surface area contributed by atoms with Gasteiger partial charge in [-0.15, -0.1) is 0 Å². The number of para-hydroxylation sites is 3. The van der Waals surface area contributed by atoms with Gasteiger partial charge in [-0.25, -0.2) is 4.98 Å². The fraction of sp³-hybridized carbons (Fsp3) is 0. The van der Waals surface area contributed by atoms with Gasteiger partial charge in [0.2, 0.25) is 5.95 Å². The quantitative estimate of drug-likeness (QED) is 0.152. The highest BCUT2D eigenvalue weighted by molar-refractivity contribution is 6.24. The highest BCUT2D eigenvalue weighted by Gasteiger charge is 2.25. The van der Waals surface area contributed by atoms with Crippen molar-refractivity contribution in [2.45, 2.75) is 0 Å². The lowest BCUT2D eigenvalue weighted by molar-refractivity contribution is 0.953. The van der Waals surface area contributed by atoms with E-state index < -0.39 is 0 Å². The zero-order valence-electron chi connectivity index (χ0n) is 40.6. The summed E-state index contributed by atoms with van der Waals surface area (Å²) in [7, 11) is 0. The first-order chi connectivity index (χ1) is 37.2. The van der Waals surface area contributed by atoms with E-state index in [1.807, 2.05) is 12.1 Å². The smallest absolute Gasteiger partial charge is 0.238 e. The van der Waals surface area contributed by atoms with Crippen molar-refractivity contribution >= 4 is 65.4 Å². The Balaban J connectivity index is 1.03. The molecule has 350 valence electrons. The molecule has 0 unspecified atom stereocenters. The summed E-state index contributed by atoms with van der Waals surface area (Å²) in [5.41, 5.74) is 17.2. The molecule has 0 saturated heterocycles. The molecule has 0 saturated carbocycles.